The van der Waals surface area contributed by atoms with Gasteiger partial charge in [-0.05, 0) is 17.7 Å². The van der Waals surface area contributed by atoms with Crippen molar-refractivity contribution >= 4 is 28.7 Å². The predicted octanol–water partition coefficient (Wildman–Crippen LogP) is 4.79. The predicted molar refractivity (Wildman–Crippen MR) is 94.8 cm³/mol. The van der Waals surface area contributed by atoms with Gasteiger partial charge in [0.25, 0.3) is 0 Å². The van der Waals surface area contributed by atoms with Gasteiger partial charge in [0, 0.05) is 29.5 Å². The number of hydrogen-bond donors (Lipinski definition) is 0. The summed E-state index contributed by atoms with van der Waals surface area (Å²) in [5.41, 5.74) is 2.01. The van der Waals surface area contributed by atoms with E-state index in [9.17, 15) is 0 Å². The fourth-order valence-electron chi connectivity index (χ4n) is 2.11. The Kier molecular flexibility index (Phi) is 5.48. The van der Waals surface area contributed by atoms with Crippen LogP contribution < -0.4 is 4.74 Å². The first-order chi connectivity index (χ1) is 10.4. The Morgan fingerprint density at radius 3 is 2.68 bits per heavy atom. The van der Waals surface area contributed by atoms with Gasteiger partial charge in [-0.15, -0.1) is 11.8 Å². The fourth-order valence-corrected chi connectivity index (χ4v) is 3.17. The number of nitrogens with zero attached hydrogens (tertiary/aromatic N) is 1. The second-order valence-electron chi connectivity index (χ2n) is 5.98. The summed E-state index contributed by atoms with van der Waals surface area (Å²) in [4.78, 5) is 5.57. The van der Waals surface area contributed by atoms with Crippen LogP contribution in [0.15, 0.2) is 35.9 Å². The van der Waals surface area contributed by atoms with Crippen molar-refractivity contribution in [1.82, 2.24) is 4.98 Å². The van der Waals surface area contributed by atoms with Crippen LogP contribution in [0.5, 0.6) is 5.75 Å². The summed E-state index contributed by atoms with van der Waals surface area (Å²) < 4.78 is 11.1. The molecule has 0 aliphatic heterocycles. The van der Waals surface area contributed by atoms with Gasteiger partial charge in [0.05, 0.1) is 17.0 Å². The number of thioether (sulfide) groups is 1. The number of methoxy groups -OCH3 is 1. The molecular formula is C18H23NO2S. The monoisotopic (exact) mass is 317 g/mol. The lowest BCUT2D eigenvalue weighted by Crippen LogP contribution is -2.09. The minimum atomic E-state index is 0.101. The lowest BCUT2D eigenvalue weighted by Gasteiger charge is -2.21. The highest BCUT2D eigenvalue weighted by Crippen LogP contribution is 2.40. The van der Waals surface area contributed by atoms with E-state index < -0.39 is 0 Å². The largest absolute Gasteiger partial charge is 0.490 e. The summed E-state index contributed by atoms with van der Waals surface area (Å²) >= 11 is 1.79. The van der Waals surface area contributed by atoms with Crippen molar-refractivity contribution < 1.29 is 9.47 Å². The second kappa shape index (κ2) is 7.16. The number of rotatable bonds is 6. The average Bonchev–Trinajstić information content (AvgIpc) is 2.45. The highest BCUT2D eigenvalue weighted by molar-refractivity contribution is 8.00. The van der Waals surface area contributed by atoms with Crippen LogP contribution in [0, 0.1) is 0 Å². The van der Waals surface area contributed by atoms with Crippen molar-refractivity contribution in [3.8, 4) is 5.75 Å². The second-order valence-corrected chi connectivity index (χ2v) is 7.84. The van der Waals surface area contributed by atoms with Crippen LogP contribution in [0.25, 0.3) is 17.0 Å². The molecule has 0 aliphatic carbocycles. The Balaban J connectivity index is 2.49. The Hall–Kier alpha value is -1.52. The SMILES string of the molecule is C=Cc1ccnc2cc(OCCOC)c(SC(C)(C)C)cc12. The average molecular weight is 317 g/mol. The number of pyridine rings is 1. The maximum atomic E-state index is 5.89. The number of hydrogen-bond acceptors (Lipinski definition) is 4. The van der Waals surface area contributed by atoms with Crippen molar-refractivity contribution in [2.45, 2.75) is 30.4 Å². The zero-order valence-electron chi connectivity index (χ0n) is 13.7. The molecule has 0 unspecified atom stereocenters. The molecule has 0 N–H and O–H groups in total. The smallest absolute Gasteiger partial charge is 0.135 e. The molecular weight excluding hydrogens is 294 g/mol. The van der Waals surface area contributed by atoms with Crippen LogP contribution >= 0.6 is 11.8 Å². The maximum Gasteiger partial charge on any atom is 0.135 e. The van der Waals surface area contributed by atoms with Gasteiger partial charge in [0.2, 0.25) is 0 Å². The molecule has 2 aromatic rings. The maximum absolute atomic E-state index is 5.89. The molecule has 0 amide bonds. The zero-order chi connectivity index (χ0) is 16.2. The molecule has 0 radical (unpaired) electrons. The van der Waals surface area contributed by atoms with Gasteiger partial charge >= 0.3 is 0 Å². The summed E-state index contributed by atoms with van der Waals surface area (Å²) in [6, 6.07) is 6.13. The normalized spacial score (nSPS) is 11.6. The number of ether oxygens (including phenoxy) is 2. The van der Waals surface area contributed by atoms with Gasteiger partial charge in [-0.2, -0.15) is 0 Å². The van der Waals surface area contributed by atoms with E-state index in [1.54, 1.807) is 25.1 Å². The van der Waals surface area contributed by atoms with Crippen molar-refractivity contribution in [2.75, 3.05) is 20.3 Å². The third-order valence-electron chi connectivity index (χ3n) is 3.02. The van der Waals surface area contributed by atoms with Crippen molar-refractivity contribution in [3.63, 3.8) is 0 Å². The summed E-state index contributed by atoms with van der Waals surface area (Å²) in [6.45, 7) is 11.6. The number of benzene rings is 1. The molecule has 2 rings (SSSR count). The quantitative estimate of drug-likeness (QED) is 0.566. The summed E-state index contributed by atoms with van der Waals surface area (Å²) in [6.07, 6.45) is 3.66. The van der Waals surface area contributed by atoms with Crippen LogP contribution in [-0.4, -0.2) is 30.1 Å². The molecule has 22 heavy (non-hydrogen) atoms. The van der Waals surface area contributed by atoms with Crippen LogP contribution in [0.4, 0.5) is 0 Å². The van der Waals surface area contributed by atoms with Crippen molar-refractivity contribution in [1.29, 1.82) is 0 Å². The topological polar surface area (TPSA) is 31.4 Å². The minimum Gasteiger partial charge on any atom is -0.490 e. The number of aromatic nitrogens is 1. The van der Waals surface area contributed by atoms with E-state index in [1.165, 1.54) is 0 Å². The summed E-state index contributed by atoms with van der Waals surface area (Å²) in [5, 5.41) is 1.10. The molecule has 118 valence electrons. The van der Waals surface area contributed by atoms with Crippen molar-refractivity contribution in [2.24, 2.45) is 0 Å². The van der Waals surface area contributed by atoms with E-state index in [4.69, 9.17) is 9.47 Å². The Labute approximate surface area is 136 Å². The van der Waals surface area contributed by atoms with E-state index in [-0.39, 0.29) is 4.75 Å². The van der Waals surface area contributed by atoms with Gasteiger partial charge < -0.3 is 9.47 Å². The standard InChI is InChI=1S/C18H23NO2S/c1-6-13-7-8-19-15-12-16(21-10-9-20-5)17(11-14(13)15)22-18(2,3)4/h6-8,11-12H,1,9-10H2,2-5H3. The number of fused-ring (bicyclic) bond motifs is 1. The molecule has 1 aromatic heterocycles. The van der Waals surface area contributed by atoms with Crippen LogP contribution in [0.2, 0.25) is 0 Å². The van der Waals surface area contributed by atoms with Gasteiger partial charge in [0.15, 0.2) is 0 Å². The van der Waals surface area contributed by atoms with E-state index in [0.29, 0.717) is 13.2 Å². The highest BCUT2D eigenvalue weighted by atomic mass is 32.2. The van der Waals surface area contributed by atoms with Gasteiger partial charge in [-0.25, -0.2) is 0 Å². The molecule has 1 aromatic carbocycles. The Morgan fingerprint density at radius 1 is 1.27 bits per heavy atom. The van der Waals surface area contributed by atoms with Crippen LogP contribution in [-0.2, 0) is 4.74 Å². The van der Waals surface area contributed by atoms with E-state index in [0.717, 1.165) is 27.1 Å². The third kappa shape index (κ3) is 4.24. The lowest BCUT2D eigenvalue weighted by molar-refractivity contribution is 0.145. The van der Waals surface area contributed by atoms with Crippen molar-refractivity contribution in [3.05, 3.63) is 36.5 Å². The van der Waals surface area contributed by atoms with E-state index in [2.05, 4.69) is 38.4 Å². The van der Waals surface area contributed by atoms with Gasteiger partial charge in [-0.1, -0.05) is 33.4 Å². The molecule has 0 spiro atoms. The molecule has 3 nitrogen and oxygen atoms in total. The summed E-state index contributed by atoms with van der Waals surface area (Å²) in [7, 11) is 1.67. The fraction of sp³-hybridized carbons (Fsp3) is 0.389. The van der Waals surface area contributed by atoms with Gasteiger partial charge in [0.1, 0.15) is 12.4 Å². The van der Waals surface area contributed by atoms with Gasteiger partial charge in [-0.3, -0.25) is 4.98 Å². The molecule has 0 saturated carbocycles. The molecule has 1 heterocycles. The zero-order valence-corrected chi connectivity index (χ0v) is 14.5. The minimum absolute atomic E-state index is 0.101. The van der Waals surface area contributed by atoms with Crippen LogP contribution in [0.3, 0.4) is 0 Å². The molecule has 4 heteroatoms. The van der Waals surface area contributed by atoms with Crippen LogP contribution in [0.1, 0.15) is 26.3 Å². The first-order valence-corrected chi connectivity index (χ1v) is 8.12. The Bertz CT molecular complexity index is 662. The summed E-state index contributed by atoms with van der Waals surface area (Å²) in [5.74, 6) is 0.859. The van der Waals surface area contributed by atoms with E-state index in [1.807, 2.05) is 18.2 Å². The molecule has 0 bridgehead atoms. The first-order valence-electron chi connectivity index (χ1n) is 7.30. The molecule has 0 aliphatic rings. The molecule has 0 fully saturated rings. The lowest BCUT2D eigenvalue weighted by atomic mass is 10.1. The first kappa shape index (κ1) is 16.8. The molecule has 0 saturated heterocycles. The van der Waals surface area contributed by atoms with E-state index >= 15 is 0 Å². The Morgan fingerprint density at radius 2 is 2.05 bits per heavy atom. The molecule has 0 atom stereocenters. The third-order valence-corrected chi connectivity index (χ3v) is 4.17. The highest BCUT2D eigenvalue weighted by Gasteiger charge is 2.17.